The molecule has 1 fully saturated rings. The molecule has 2 aliphatic rings. The van der Waals surface area contributed by atoms with Crippen LogP contribution in [0.4, 0.5) is 0 Å². The van der Waals surface area contributed by atoms with Crippen LogP contribution in [-0.4, -0.2) is 23.6 Å². The molecule has 1 aliphatic carbocycles. The Morgan fingerprint density at radius 1 is 1.06 bits per heavy atom. The van der Waals surface area contributed by atoms with Gasteiger partial charge in [0.25, 0.3) is 0 Å². The van der Waals surface area contributed by atoms with Gasteiger partial charge in [0.05, 0.1) is 24.9 Å². The largest absolute Gasteiger partial charge is 0.466 e. The van der Waals surface area contributed by atoms with Crippen molar-refractivity contribution in [3.63, 3.8) is 0 Å². The predicted octanol–water partition coefficient (Wildman–Crippen LogP) is 5.02. The van der Waals surface area contributed by atoms with Crippen molar-refractivity contribution in [3.8, 4) is 11.3 Å². The van der Waals surface area contributed by atoms with E-state index in [1.165, 1.54) is 31.9 Å². The smallest absolute Gasteiger partial charge is 0.335 e. The van der Waals surface area contributed by atoms with E-state index in [9.17, 15) is 9.59 Å². The summed E-state index contributed by atoms with van der Waals surface area (Å²) >= 11 is 0. The van der Waals surface area contributed by atoms with Crippen molar-refractivity contribution < 1.29 is 14.3 Å². The average molecular weight is 415 g/mol. The number of rotatable bonds is 3. The first kappa shape index (κ1) is 19.6. The normalized spacial score (nSPS) is 16.2. The zero-order valence-corrected chi connectivity index (χ0v) is 17.7. The van der Waals surface area contributed by atoms with E-state index in [4.69, 9.17) is 10.5 Å². The summed E-state index contributed by atoms with van der Waals surface area (Å²) in [5.41, 5.74) is 12.2. The predicted molar refractivity (Wildman–Crippen MR) is 122 cm³/mol. The van der Waals surface area contributed by atoms with Gasteiger partial charge in [0.2, 0.25) is 5.91 Å². The molecule has 1 amide bonds. The minimum Gasteiger partial charge on any atom is -0.466 e. The Morgan fingerprint density at radius 3 is 2.58 bits per heavy atom. The summed E-state index contributed by atoms with van der Waals surface area (Å²) in [6.45, 7) is 0.391. The molecule has 0 spiro atoms. The molecule has 5 rings (SSSR count). The second-order valence-electron chi connectivity index (χ2n) is 8.53. The molecule has 1 aliphatic heterocycles. The number of amides is 1. The highest BCUT2D eigenvalue weighted by molar-refractivity contribution is 6.02. The number of methoxy groups -OCH3 is 1. The van der Waals surface area contributed by atoms with Crippen LogP contribution in [0.1, 0.15) is 59.5 Å². The fraction of sp³-hybridized carbons (Fsp3) is 0.308. The Labute approximate surface area is 181 Å². The number of esters is 1. The fourth-order valence-electron chi connectivity index (χ4n) is 5.29. The summed E-state index contributed by atoms with van der Waals surface area (Å²) in [6, 6.07) is 13.9. The van der Waals surface area contributed by atoms with Crippen LogP contribution in [0.5, 0.6) is 0 Å². The molecule has 3 aromatic rings. The Hall–Kier alpha value is -3.34. The quantitative estimate of drug-likeness (QED) is 0.611. The van der Waals surface area contributed by atoms with E-state index in [2.05, 4.69) is 10.6 Å². The van der Waals surface area contributed by atoms with Crippen LogP contribution in [-0.2, 0) is 16.1 Å². The number of carbonyl (C=O) groups excluding carboxylic acids is 2. The number of ether oxygens (including phenoxy) is 1. The summed E-state index contributed by atoms with van der Waals surface area (Å²) in [6.07, 6.45) is 7.97. The number of carbonyl (C=O) groups is 2. The third-order valence-corrected chi connectivity index (χ3v) is 6.72. The molecule has 158 valence electrons. The first-order valence-electron chi connectivity index (χ1n) is 10.9. The molecular weight excluding hydrogens is 388 g/mol. The topological polar surface area (TPSA) is 74.3 Å². The maximum absolute atomic E-state index is 12.6. The van der Waals surface area contributed by atoms with Gasteiger partial charge in [-0.05, 0) is 48.1 Å². The molecular formula is C26H26N2O3. The number of benzene rings is 2. The van der Waals surface area contributed by atoms with E-state index in [0.29, 0.717) is 23.6 Å². The molecule has 2 heterocycles. The van der Waals surface area contributed by atoms with Gasteiger partial charge in [-0.15, -0.1) is 0 Å². The molecule has 0 unspecified atom stereocenters. The molecule has 5 nitrogen and oxygen atoms in total. The molecule has 1 saturated carbocycles. The van der Waals surface area contributed by atoms with Crippen molar-refractivity contribution in [2.45, 2.75) is 44.6 Å². The standard InChI is InChI=1S/C26H26N2O3/c1-31-26(30)19-13-17-9-5-6-10-20(17)24-23(16-7-3-2-4-8-16)21-12-11-18(25(27)29)14-22(21)28(24)15-19/h5-6,9-14,16H,2-4,7-8,15H2,1H3,(H2,27,29). The highest BCUT2D eigenvalue weighted by atomic mass is 16.5. The Morgan fingerprint density at radius 2 is 1.84 bits per heavy atom. The fourth-order valence-corrected chi connectivity index (χ4v) is 5.29. The van der Waals surface area contributed by atoms with E-state index in [1.807, 2.05) is 42.5 Å². The lowest BCUT2D eigenvalue weighted by atomic mass is 9.81. The lowest BCUT2D eigenvalue weighted by Crippen LogP contribution is -2.12. The number of aromatic nitrogens is 1. The molecule has 0 saturated heterocycles. The van der Waals surface area contributed by atoms with E-state index >= 15 is 0 Å². The Kier molecular flexibility index (Phi) is 4.89. The minimum atomic E-state index is -0.450. The number of nitrogens with zero attached hydrogens (tertiary/aromatic N) is 1. The first-order chi connectivity index (χ1) is 15.1. The highest BCUT2D eigenvalue weighted by Crippen LogP contribution is 2.46. The lowest BCUT2D eigenvalue weighted by Gasteiger charge is -2.24. The van der Waals surface area contributed by atoms with Crippen LogP contribution in [0.15, 0.2) is 48.0 Å². The summed E-state index contributed by atoms with van der Waals surface area (Å²) in [7, 11) is 1.41. The molecule has 0 radical (unpaired) electrons. The van der Waals surface area contributed by atoms with Crippen LogP contribution in [0, 0.1) is 0 Å². The van der Waals surface area contributed by atoms with Crippen LogP contribution in [0.3, 0.4) is 0 Å². The van der Waals surface area contributed by atoms with Crippen molar-refractivity contribution in [3.05, 3.63) is 64.7 Å². The number of hydrogen-bond acceptors (Lipinski definition) is 3. The summed E-state index contributed by atoms with van der Waals surface area (Å²) in [5.74, 6) is -0.330. The van der Waals surface area contributed by atoms with E-state index < -0.39 is 5.91 Å². The van der Waals surface area contributed by atoms with Gasteiger partial charge in [-0.3, -0.25) is 4.79 Å². The van der Waals surface area contributed by atoms with Crippen LogP contribution < -0.4 is 5.73 Å². The molecule has 0 bridgehead atoms. The van der Waals surface area contributed by atoms with E-state index in [-0.39, 0.29) is 5.97 Å². The third-order valence-electron chi connectivity index (χ3n) is 6.72. The summed E-state index contributed by atoms with van der Waals surface area (Å²) < 4.78 is 7.26. The monoisotopic (exact) mass is 414 g/mol. The van der Waals surface area contributed by atoms with Gasteiger partial charge in [0.15, 0.2) is 0 Å². The maximum Gasteiger partial charge on any atom is 0.335 e. The number of fused-ring (bicyclic) bond motifs is 5. The lowest BCUT2D eigenvalue weighted by molar-refractivity contribution is -0.136. The van der Waals surface area contributed by atoms with Crippen LogP contribution in [0.25, 0.3) is 28.2 Å². The maximum atomic E-state index is 12.6. The van der Waals surface area contributed by atoms with Gasteiger partial charge in [-0.1, -0.05) is 49.6 Å². The average Bonchev–Trinajstić information content (AvgIpc) is 3.01. The molecule has 0 atom stereocenters. The molecule has 2 N–H and O–H groups in total. The zero-order valence-electron chi connectivity index (χ0n) is 17.7. The number of primary amides is 1. The van der Waals surface area contributed by atoms with Crippen LogP contribution >= 0.6 is 0 Å². The van der Waals surface area contributed by atoms with Gasteiger partial charge < -0.3 is 15.0 Å². The number of nitrogens with two attached hydrogens (primary N) is 1. The highest BCUT2D eigenvalue weighted by Gasteiger charge is 2.30. The van der Waals surface area contributed by atoms with E-state index in [1.54, 1.807) is 0 Å². The van der Waals surface area contributed by atoms with Gasteiger partial charge in [0, 0.05) is 22.0 Å². The second kappa shape index (κ2) is 7.73. The van der Waals surface area contributed by atoms with E-state index in [0.717, 1.165) is 40.6 Å². The Bertz CT molecular complexity index is 1230. The summed E-state index contributed by atoms with van der Waals surface area (Å²) in [5, 5.41) is 1.15. The summed E-state index contributed by atoms with van der Waals surface area (Å²) in [4.78, 5) is 24.5. The second-order valence-corrected chi connectivity index (χ2v) is 8.53. The van der Waals surface area contributed by atoms with Gasteiger partial charge in [0.1, 0.15) is 0 Å². The van der Waals surface area contributed by atoms with Crippen molar-refractivity contribution in [2.75, 3.05) is 7.11 Å². The van der Waals surface area contributed by atoms with Gasteiger partial charge in [-0.25, -0.2) is 4.79 Å². The SMILES string of the molecule is COC(=O)C1=Cc2ccccc2-c2c(C3CCCCC3)c3ccc(C(N)=O)cc3n2C1. The Balaban J connectivity index is 1.86. The minimum absolute atomic E-state index is 0.338. The first-order valence-corrected chi connectivity index (χ1v) is 10.9. The van der Waals surface area contributed by atoms with Crippen molar-refractivity contribution in [2.24, 2.45) is 5.73 Å². The molecule has 31 heavy (non-hydrogen) atoms. The van der Waals surface area contributed by atoms with Crippen molar-refractivity contribution in [1.29, 1.82) is 0 Å². The van der Waals surface area contributed by atoms with Crippen molar-refractivity contribution >= 4 is 28.9 Å². The van der Waals surface area contributed by atoms with Crippen LogP contribution in [0.2, 0.25) is 0 Å². The van der Waals surface area contributed by atoms with Gasteiger partial charge in [-0.2, -0.15) is 0 Å². The number of hydrogen-bond donors (Lipinski definition) is 1. The third kappa shape index (κ3) is 3.25. The van der Waals surface area contributed by atoms with Crippen molar-refractivity contribution in [1.82, 2.24) is 4.57 Å². The molecule has 2 aromatic carbocycles. The zero-order chi connectivity index (χ0) is 21.5. The molecule has 1 aromatic heterocycles. The molecule has 5 heteroatoms. The van der Waals surface area contributed by atoms with Gasteiger partial charge >= 0.3 is 5.97 Å².